The van der Waals surface area contributed by atoms with Gasteiger partial charge in [-0.25, -0.2) is 8.78 Å². The van der Waals surface area contributed by atoms with E-state index >= 15 is 0 Å². The van der Waals surface area contributed by atoms with Gasteiger partial charge in [-0.3, -0.25) is 4.79 Å². The second-order valence-electron chi connectivity index (χ2n) is 3.47. The molecule has 1 aromatic rings. The van der Waals surface area contributed by atoms with Crippen LogP contribution < -0.4 is 5.73 Å². The molecular weight excluding hydrogens is 208 g/mol. The normalized spacial score (nSPS) is 19.0. The van der Waals surface area contributed by atoms with Crippen LogP contribution >= 0.6 is 11.3 Å². The minimum absolute atomic E-state index is 0.184. The highest BCUT2D eigenvalue weighted by Crippen LogP contribution is 2.36. The third-order valence-electron chi connectivity index (χ3n) is 2.39. The Kier molecular flexibility index (Phi) is 2.06. The number of amides is 1. The number of thiophene rings is 1. The van der Waals surface area contributed by atoms with Crippen molar-refractivity contribution in [3.05, 3.63) is 21.4 Å². The number of fused-ring (bicyclic) bond motifs is 1. The quantitative estimate of drug-likeness (QED) is 0.767. The average Bonchev–Trinajstić information content (AvgIpc) is 2.44. The number of hydrogen-bond acceptors (Lipinski definition) is 2. The van der Waals surface area contributed by atoms with Crippen LogP contribution in [0.25, 0.3) is 0 Å². The zero-order valence-electron chi connectivity index (χ0n) is 7.35. The van der Waals surface area contributed by atoms with Gasteiger partial charge >= 0.3 is 0 Å². The number of halogens is 2. The molecule has 1 amide bonds. The molecule has 0 unspecified atom stereocenters. The van der Waals surface area contributed by atoms with Crippen molar-refractivity contribution in [2.45, 2.75) is 25.2 Å². The Bertz CT molecular complexity index is 386. The Morgan fingerprint density at radius 2 is 2.29 bits per heavy atom. The van der Waals surface area contributed by atoms with Crippen molar-refractivity contribution in [3.63, 3.8) is 0 Å². The van der Waals surface area contributed by atoms with Crippen molar-refractivity contribution in [3.8, 4) is 0 Å². The third kappa shape index (κ3) is 1.52. The molecule has 0 saturated carbocycles. The molecule has 0 aromatic carbocycles. The fraction of sp³-hybridized carbons (Fsp3) is 0.444. The van der Waals surface area contributed by atoms with E-state index in [4.69, 9.17) is 5.73 Å². The maximum atomic E-state index is 13.0. The fourth-order valence-corrected chi connectivity index (χ4v) is 2.70. The Labute approximate surface area is 83.7 Å². The molecule has 0 bridgehead atoms. The van der Waals surface area contributed by atoms with Gasteiger partial charge in [0.25, 0.3) is 11.8 Å². The first-order valence-corrected chi connectivity index (χ1v) is 5.14. The van der Waals surface area contributed by atoms with E-state index in [0.717, 1.165) is 5.56 Å². The monoisotopic (exact) mass is 217 g/mol. The van der Waals surface area contributed by atoms with Crippen molar-refractivity contribution < 1.29 is 13.6 Å². The molecule has 76 valence electrons. The summed E-state index contributed by atoms with van der Waals surface area (Å²) in [4.78, 5) is 11.4. The summed E-state index contributed by atoms with van der Waals surface area (Å²) in [6.07, 6.45) is -0.187. The Balaban J connectivity index is 2.39. The maximum absolute atomic E-state index is 13.0. The molecule has 0 atom stereocenters. The Morgan fingerprint density at radius 1 is 1.57 bits per heavy atom. The van der Waals surface area contributed by atoms with Crippen molar-refractivity contribution in [2.24, 2.45) is 5.73 Å². The lowest BCUT2D eigenvalue weighted by Gasteiger charge is -2.22. The average molecular weight is 217 g/mol. The second kappa shape index (κ2) is 3.02. The van der Waals surface area contributed by atoms with E-state index < -0.39 is 11.8 Å². The molecule has 14 heavy (non-hydrogen) atoms. The Morgan fingerprint density at radius 3 is 2.93 bits per heavy atom. The molecule has 5 heteroatoms. The van der Waals surface area contributed by atoms with E-state index in [-0.39, 0.29) is 19.3 Å². The van der Waals surface area contributed by atoms with Crippen molar-refractivity contribution in [1.82, 2.24) is 0 Å². The highest BCUT2D eigenvalue weighted by atomic mass is 32.1. The largest absolute Gasteiger partial charge is 0.365 e. The summed E-state index contributed by atoms with van der Waals surface area (Å²) in [7, 11) is 0. The minimum Gasteiger partial charge on any atom is -0.365 e. The first kappa shape index (κ1) is 9.58. The molecule has 1 aromatic heterocycles. The first-order valence-electron chi connectivity index (χ1n) is 4.26. The van der Waals surface area contributed by atoms with Gasteiger partial charge in [-0.05, 0) is 22.9 Å². The Hall–Kier alpha value is -0.970. The van der Waals surface area contributed by atoms with Gasteiger partial charge in [-0.2, -0.15) is 0 Å². The van der Waals surface area contributed by atoms with E-state index in [1.165, 1.54) is 11.3 Å². The molecule has 1 aliphatic carbocycles. The minimum atomic E-state index is -2.62. The van der Waals surface area contributed by atoms with Gasteiger partial charge < -0.3 is 5.73 Å². The number of alkyl halides is 2. The van der Waals surface area contributed by atoms with Gasteiger partial charge in [0.05, 0.1) is 4.88 Å². The van der Waals surface area contributed by atoms with Crippen LogP contribution in [0, 0.1) is 0 Å². The number of carbonyl (C=O) groups excluding carboxylic acids is 1. The summed E-state index contributed by atoms with van der Waals surface area (Å²) in [6, 6.07) is 0. The second-order valence-corrected chi connectivity index (χ2v) is 4.35. The van der Waals surface area contributed by atoms with E-state index in [0.29, 0.717) is 10.4 Å². The van der Waals surface area contributed by atoms with E-state index in [9.17, 15) is 13.6 Å². The van der Waals surface area contributed by atoms with E-state index in [1.54, 1.807) is 5.38 Å². The molecule has 0 fully saturated rings. The first-order chi connectivity index (χ1) is 6.49. The number of carbonyl (C=O) groups is 1. The fourth-order valence-electron chi connectivity index (χ4n) is 1.72. The van der Waals surface area contributed by atoms with Crippen LogP contribution in [0.15, 0.2) is 5.38 Å². The molecule has 0 radical (unpaired) electrons. The van der Waals surface area contributed by atoms with Gasteiger partial charge in [0.15, 0.2) is 0 Å². The topological polar surface area (TPSA) is 43.1 Å². The molecule has 2 N–H and O–H groups in total. The van der Waals surface area contributed by atoms with Gasteiger partial charge in [0.1, 0.15) is 0 Å². The lowest BCUT2D eigenvalue weighted by Crippen LogP contribution is -2.26. The standard InChI is InChI=1S/C9H9F2NOS/c10-9(11)2-1-6-5(3-9)4-14-7(6)8(12)13/h4H,1-3H2,(H2,12,13). The smallest absolute Gasteiger partial charge is 0.259 e. The van der Waals surface area contributed by atoms with Crippen LogP contribution in [0.2, 0.25) is 0 Å². The highest BCUT2D eigenvalue weighted by molar-refractivity contribution is 7.12. The van der Waals surface area contributed by atoms with Crippen molar-refractivity contribution in [1.29, 1.82) is 0 Å². The third-order valence-corrected chi connectivity index (χ3v) is 3.48. The molecule has 1 heterocycles. The molecule has 2 rings (SSSR count). The molecule has 1 aliphatic rings. The van der Waals surface area contributed by atoms with Crippen LogP contribution in [-0.4, -0.2) is 11.8 Å². The van der Waals surface area contributed by atoms with Crippen LogP contribution in [0.5, 0.6) is 0 Å². The SMILES string of the molecule is NC(=O)c1scc2c1CCC(F)(F)C2. The number of rotatable bonds is 1. The van der Waals surface area contributed by atoms with Crippen molar-refractivity contribution >= 4 is 17.2 Å². The highest BCUT2D eigenvalue weighted by Gasteiger charge is 2.36. The molecule has 2 nitrogen and oxygen atoms in total. The zero-order valence-corrected chi connectivity index (χ0v) is 8.16. The predicted molar refractivity (Wildman–Crippen MR) is 49.8 cm³/mol. The molecule has 0 aliphatic heterocycles. The lowest BCUT2D eigenvalue weighted by molar-refractivity contribution is -0.0121. The van der Waals surface area contributed by atoms with Gasteiger partial charge in [-0.1, -0.05) is 0 Å². The van der Waals surface area contributed by atoms with Gasteiger partial charge in [0, 0.05) is 12.8 Å². The zero-order chi connectivity index (χ0) is 10.3. The summed E-state index contributed by atoms with van der Waals surface area (Å²) < 4.78 is 26.0. The number of hydrogen-bond donors (Lipinski definition) is 1. The van der Waals surface area contributed by atoms with E-state index in [2.05, 4.69) is 0 Å². The summed E-state index contributed by atoms with van der Waals surface area (Å²) in [5.41, 5.74) is 6.45. The number of primary amides is 1. The molecular formula is C9H9F2NOS. The predicted octanol–water partition coefficient (Wildman–Crippen LogP) is 1.97. The molecule has 0 spiro atoms. The summed E-state index contributed by atoms with van der Waals surface area (Å²) >= 11 is 1.17. The van der Waals surface area contributed by atoms with Gasteiger partial charge in [-0.15, -0.1) is 11.3 Å². The number of nitrogens with two attached hydrogens (primary N) is 1. The molecule has 0 saturated heterocycles. The lowest BCUT2D eigenvalue weighted by atomic mass is 9.91. The summed E-state index contributed by atoms with van der Waals surface area (Å²) in [5.74, 6) is -3.13. The van der Waals surface area contributed by atoms with E-state index in [1.807, 2.05) is 0 Å². The maximum Gasteiger partial charge on any atom is 0.259 e. The van der Waals surface area contributed by atoms with Crippen LogP contribution in [0.3, 0.4) is 0 Å². The van der Waals surface area contributed by atoms with Crippen molar-refractivity contribution in [2.75, 3.05) is 0 Å². The summed E-state index contributed by atoms with van der Waals surface area (Å²) in [5, 5.41) is 1.61. The van der Waals surface area contributed by atoms with Crippen LogP contribution in [0.4, 0.5) is 8.78 Å². The summed E-state index contributed by atoms with van der Waals surface area (Å²) in [6.45, 7) is 0. The van der Waals surface area contributed by atoms with Crippen LogP contribution in [-0.2, 0) is 12.8 Å². The van der Waals surface area contributed by atoms with Crippen LogP contribution in [0.1, 0.15) is 27.2 Å². The van der Waals surface area contributed by atoms with Gasteiger partial charge in [0.2, 0.25) is 0 Å².